The number of carbonyl (C=O) groups excluding carboxylic acids is 2. The summed E-state index contributed by atoms with van der Waals surface area (Å²) in [6, 6.07) is 13.3. The van der Waals surface area contributed by atoms with Crippen molar-refractivity contribution in [1.82, 2.24) is 10.6 Å². The fourth-order valence-corrected chi connectivity index (χ4v) is 2.57. The van der Waals surface area contributed by atoms with E-state index >= 15 is 0 Å². The summed E-state index contributed by atoms with van der Waals surface area (Å²) in [6.07, 6.45) is 0.723. The topological polar surface area (TPSA) is 67.4 Å². The van der Waals surface area contributed by atoms with Crippen LogP contribution >= 0.6 is 0 Å². The molecule has 0 saturated heterocycles. The van der Waals surface area contributed by atoms with E-state index in [0.717, 1.165) is 28.9 Å². The fraction of sp³-hybridized carbons (Fsp3) is 0.300. The average molecular weight is 340 g/mol. The molecule has 2 aromatic carbocycles. The second-order valence-electron chi connectivity index (χ2n) is 6.01. The van der Waals surface area contributed by atoms with Crippen LogP contribution in [0.4, 0.5) is 0 Å². The molecule has 0 spiro atoms. The van der Waals surface area contributed by atoms with Crippen LogP contribution in [0.25, 0.3) is 0 Å². The molecular weight excluding hydrogens is 316 g/mol. The Morgan fingerprint density at radius 1 is 0.960 bits per heavy atom. The molecule has 132 valence electrons. The predicted octanol–water partition coefficient (Wildman–Crippen LogP) is 2.40. The number of hydrogen-bond donors (Lipinski definition) is 2. The van der Waals surface area contributed by atoms with Crippen LogP contribution in [0.1, 0.15) is 27.0 Å². The Hall–Kier alpha value is -2.82. The molecule has 0 heterocycles. The molecule has 25 heavy (non-hydrogen) atoms. The smallest absolute Gasteiger partial charge is 0.251 e. The number of rotatable bonds is 7. The van der Waals surface area contributed by atoms with Crippen molar-refractivity contribution in [3.05, 3.63) is 64.7 Å². The second kappa shape index (κ2) is 8.87. The maximum atomic E-state index is 12.1. The van der Waals surface area contributed by atoms with E-state index in [2.05, 4.69) is 10.6 Å². The fourth-order valence-electron chi connectivity index (χ4n) is 2.57. The average Bonchev–Trinajstić information content (AvgIpc) is 2.59. The summed E-state index contributed by atoms with van der Waals surface area (Å²) in [6.45, 7) is 4.37. The van der Waals surface area contributed by atoms with Crippen LogP contribution in [-0.2, 0) is 11.2 Å². The zero-order valence-electron chi connectivity index (χ0n) is 14.9. The van der Waals surface area contributed by atoms with Gasteiger partial charge in [0.05, 0.1) is 13.7 Å². The highest BCUT2D eigenvalue weighted by atomic mass is 16.5. The van der Waals surface area contributed by atoms with Gasteiger partial charge in [-0.1, -0.05) is 29.3 Å². The lowest BCUT2D eigenvalue weighted by molar-refractivity contribution is -0.120. The van der Waals surface area contributed by atoms with Gasteiger partial charge in [-0.15, -0.1) is 0 Å². The minimum Gasteiger partial charge on any atom is -0.497 e. The van der Waals surface area contributed by atoms with Gasteiger partial charge >= 0.3 is 0 Å². The normalized spacial score (nSPS) is 10.2. The predicted molar refractivity (Wildman–Crippen MR) is 98.0 cm³/mol. The van der Waals surface area contributed by atoms with Crippen molar-refractivity contribution in [2.75, 3.05) is 20.2 Å². The third-order valence-corrected chi connectivity index (χ3v) is 3.79. The minimum atomic E-state index is -0.239. The molecule has 0 aromatic heterocycles. The zero-order valence-corrected chi connectivity index (χ0v) is 14.9. The van der Waals surface area contributed by atoms with Gasteiger partial charge in [0.1, 0.15) is 5.75 Å². The summed E-state index contributed by atoms with van der Waals surface area (Å²) >= 11 is 0. The molecule has 0 atom stereocenters. The quantitative estimate of drug-likeness (QED) is 0.813. The molecule has 2 aromatic rings. The molecule has 0 radical (unpaired) electrons. The van der Waals surface area contributed by atoms with Crippen molar-refractivity contribution in [2.24, 2.45) is 0 Å². The van der Waals surface area contributed by atoms with E-state index in [1.54, 1.807) is 7.11 Å². The Labute approximate surface area is 148 Å². The van der Waals surface area contributed by atoms with Crippen LogP contribution in [0.3, 0.4) is 0 Å². The summed E-state index contributed by atoms with van der Waals surface area (Å²) in [5, 5.41) is 5.45. The van der Waals surface area contributed by atoms with Gasteiger partial charge in [-0.2, -0.15) is 0 Å². The standard InChI is InChI=1S/C20H24N2O3/c1-14-10-15(2)12-17(11-14)20(24)22-13-19(23)21-9-8-16-4-6-18(25-3)7-5-16/h4-7,10-12H,8-9,13H2,1-3H3,(H,21,23)(H,22,24). The highest BCUT2D eigenvalue weighted by Crippen LogP contribution is 2.11. The van der Waals surface area contributed by atoms with Crippen molar-refractivity contribution in [2.45, 2.75) is 20.3 Å². The van der Waals surface area contributed by atoms with Gasteiger partial charge in [-0.3, -0.25) is 9.59 Å². The van der Waals surface area contributed by atoms with Crippen molar-refractivity contribution >= 4 is 11.8 Å². The zero-order chi connectivity index (χ0) is 18.2. The Balaban J connectivity index is 1.73. The lowest BCUT2D eigenvalue weighted by atomic mass is 10.1. The SMILES string of the molecule is COc1ccc(CCNC(=O)CNC(=O)c2cc(C)cc(C)c2)cc1. The van der Waals surface area contributed by atoms with Gasteiger partial charge in [0, 0.05) is 12.1 Å². The molecule has 5 nitrogen and oxygen atoms in total. The molecule has 0 aliphatic rings. The number of hydrogen-bond acceptors (Lipinski definition) is 3. The van der Waals surface area contributed by atoms with Crippen LogP contribution in [0.5, 0.6) is 5.75 Å². The molecule has 0 aliphatic heterocycles. The third-order valence-electron chi connectivity index (χ3n) is 3.79. The summed E-state index contributed by atoms with van der Waals surface area (Å²) in [5.74, 6) is 0.366. The lowest BCUT2D eigenvalue weighted by Gasteiger charge is -2.08. The molecule has 0 bridgehead atoms. The molecule has 0 aliphatic carbocycles. The van der Waals surface area contributed by atoms with E-state index in [1.807, 2.05) is 56.3 Å². The van der Waals surface area contributed by atoms with Crippen LogP contribution in [0.2, 0.25) is 0 Å². The van der Waals surface area contributed by atoms with E-state index in [1.165, 1.54) is 0 Å². The van der Waals surface area contributed by atoms with E-state index in [-0.39, 0.29) is 18.4 Å². The highest BCUT2D eigenvalue weighted by Gasteiger charge is 2.08. The summed E-state index contributed by atoms with van der Waals surface area (Å²) in [5.41, 5.74) is 3.73. The Morgan fingerprint density at radius 3 is 2.20 bits per heavy atom. The van der Waals surface area contributed by atoms with Gasteiger partial charge in [0.2, 0.25) is 5.91 Å². The summed E-state index contributed by atoms with van der Waals surface area (Å²) in [7, 11) is 1.63. The first-order chi connectivity index (χ1) is 12.0. The summed E-state index contributed by atoms with van der Waals surface area (Å²) < 4.78 is 5.11. The van der Waals surface area contributed by atoms with E-state index in [4.69, 9.17) is 4.74 Å². The van der Waals surface area contributed by atoms with Gasteiger partial charge in [-0.05, 0) is 50.1 Å². The second-order valence-corrected chi connectivity index (χ2v) is 6.01. The molecule has 2 rings (SSSR count). The largest absolute Gasteiger partial charge is 0.497 e. The first kappa shape index (κ1) is 18.5. The first-order valence-electron chi connectivity index (χ1n) is 8.24. The van der Waals surface area contributed by atoms with E-state index in [0.29, 0.717) is 12.1 Å². The third kappa shape index (κ3) is 5.95. The van der Waals surface area contributed by atoms with E-state index < -0.39 is 0 Å². The number of ether oxygens (including phenoxy) is 1. The number of aryl methyl sites for hydroxylation is 2. The molecule has 2 amide bonds. The minimum absolute atomic E-state index is 0.0333. The van der Waals surface area contributed by atoms with Crippen molar-refractivity contribution in [3.63, 3.8) is 0 Å². The van der Waals surface area contributed by atoms with Crippen molar-refractivity contribution in [1.29, 1.82) is 0 Å². The highest BCUT2D eigenvalue weighted by molar-refractivity contribution is 5.96. The van der Waals surface area contributed by atoms with Crippen LogP contribution in [0.15, 0.2) is 42.5 Å². The van der Waals surface area contributed by atoms with Gasteiger partial charge in [-0.25, -0.2) is 0 Å². The number of methoxy groups -OCH3 is 1. The molecule has 0 saturated carbocycles. The number of benzene rings is 2. The molecule has 2 N–H and O–H groups in total. The number of carbonyl (C=O) groups is 2. The van der Waals surface area contributed by atoms with Gasteiger partial charge in [0.15, 0.2) is 0 Å². The molecule has 0 unspecified atom stereocenters. The van der Waals surface area contributed by atoms with Crippen molar-refractivity contribution < 1.29 is 14.3 Å². The molecule has 5 heteroatoms. The summed E-state index contributed by atoms with van der Waals surface area (Å²) in [4.78, 5) is 24.0. The van der Waals surface area contributed by atoms with Crippen LogP contribution in [0, 0.1) is 13.8 Å². The maximum Gasteiger partial charge on any atom is 0.251 e. The molecular formula is C20H24N2O3. The van der Waals surface area contributed by atoms with Crippen molar-refractivity contribution in [3.8, 4) is 5.75 Å². The number of nitrogens with one attached hydrogen (secondary N) is 2. The van der Waals surface area contributed by atoms with Crippen LogP contribution in [-0.4, -0.2) is 32.0 Å². The number of amides is 2. The maximum absolute atomic E-state index is 12.1. The Morgan fingerprint density at radius 2 is 1.60 bits per heavy atom. The lowest BCUT2D eigenvalue weighted by Crippen LogP contribution is -2.37. The van der Waals surface area contributed by atoms with Gasteiger partial charge < -0.3 is 15.4 Å². The monoisotopic (exact) mass is 340 g/mol. The molecule has 0 fully saturated rings. The first-order valence-corrected chi connectivity index (χ1v) is 8.24. The Kier molecular flexibility index (Phi) is 6.57. The Bertz CT molecular complexity index is 719. The van der Waals surface area contributed by atoms with Crippen LogP contribution < -0.4 is 15.4 Å². The van der Waals surface area contributed by atoms with E-state index in [9.17, 15) is 9.59 Å². The van der Waals surface area contributed by atoms with Gasteiger partial charge in [0.25, 0.3) is 5.91 Å².